The molecule has 2 aromatic heterocycles. The fraction of sp³-hybridized carbons (Fsp3) is 0.280. The third kappa shape index (κ3) is 4.12. The van der Waals surface area contributed by atoms with Crippen LogP contribution in [0.4, 0.5) is 0 Å². The molecule has 1 aliphatic heterocycles. The van der Waals surface area contributed by atoms with Crippen LogP contribution in [0.3, 0.4) is 0 Å². The average molecular weight is 448 g/mol. The van der Waals surface area contributed by atoms with Crippen molar-refractivity contribution in [3.05, 3.63) is 76.8 Å². The Morgan fingerprint density at radius 3 is 2.97 bits per heavy atom. The van der Waals surface area contributed by atoms with E-state index in [-0.39, 0.29) is 25.2 Å². The molecule has 164 valence electrons. The van der Waals surface area contributed by atoms with Crippen molar-refractivity contribution in [3.63, 3.8) is 0 Å². The van der Waals surface area contributed by atoms with Crippen molar-refractivity contribution < 1.29 is 14.6 Å². The Balaban J connectivity index is 1.44. The first-order valence-electron chi connectivity index (χ1n) is 10.8. The number of morpholine rings is 1. The van der Waals surface area contributed by atoms with Gasteiger partial charge in [0.15, 0.2) is 0 Å². The molecule has 1 atom stereocenters. The van der Waals surface area contributed by atoms with Crippen LogP contribution >= 0.6 is 11.3 Å². The third-order valence-electron chi connectivity index (χ3n) is 5.82. The number of amides is 1. The van der Waals surface area contributed by atoms with E-state index in [1.807, 2.05) is 30.5 Å². The van der Waals surface area contributed by atoms with Gasteiger partial charge in [0.1, 0.15) is 0 Å². The number of hydrogen-bond acceptors (Lipinski definition) is 6. The van der Waals surface area contributed by atoms with Crippen molar-refractivity contribution in [3.8, 4) is 0 Å². The summed E-state index contributed by atoms with van der Waals surface area (Å²) in [4.78, 5) is 20.5. The maximum atomic E-state index is 12.9. The molecule has 2 N–H and O–H groups in total. The van der Waals surface area contributed by atoms with E-state index in [0.717, 1.165) is 39.6 Å². The van der Waals surface area contributed by atoms with Crippen LogP contribution in [0.25, 0.3) is 21.0 Å². The van der Waals surface area contributed by atoms with Gasteiger partial charge in [0.05, 0.1) is 29.7 Å². The Hall–Kier alpha value is -2.84. The van der Waals surface area contributed by atoms with E-state index in [9.17, 15) is 4.79 Å². The van der Waals surface area contributed by atoms with Gasteiger partial charge in [0.25, 0.3) is 5.91 Å². The van der Waals surface area contributed by atoms with Gasteiger partial charge in [-0.15, -0.1) is 11.3 Å². The third-order valence-corrected chi connectivity index (χ3v) is 7.01. The lowest BCUT2D eigenvalue weighted by Crippen LogP contribution is -2.38. The summed E-state index contributed by atoms with van der Waals surface area (Å²) in [6.07, 6.45) is 1.64. The number of carbonyl (C=O) groups is 1. The molecule has 32 heavy (non-hydrogen) atoms. The van der Waals surface area contributed by atoms with Crippen molar-refractivity contribution in [1.82, 2.24) is 15.2 Å². The summed E-state index contributed by atoms with van der Waals surface area (Å²) in [5.41, 5.74) is 3.17. The normalized spacial score (nSPS) is 17.1. The molecule has 0 aliphatic carbocycles. The van der Waals surface area contributed by atoms with Crippen molar-refractivity contribution in [1.29, 1.82) is 0 Å². The smallest absolute Gasteiger partial charge is 0.261 e. The molecule has 1 fully saturated rings. The number of ether oxygens (including phenoxy) is 1. The van der Waals surface area contributed by atoms with Crippen molar-refractivity contribution in [2.24, 2.45) is 0 Å². The van der Waals surface area contributed by atoms with Gasteiger partial charge in [-0.05, 0) is 23.1 Å². The summed E-state index contributed by atoms with van der Waals surface area (Å²) in [6.45, 7) is 3.06. The van der Waals surface area contributed by atoms with E-state index in [4.69, 9.17) is 9.84 Å². The second kappa shape index (κ2) is 9.34. The number of para-hydroxylation sites is 1. The molecule has 3 heterocycles. The number of aromatic nitrogens is 1. The summed E-state index contributed by atoms with van der Waals surface area (Å²) in [7, 11) is 0. The molecule has 4 aromatic rings. The first-order chi connectivity index (χ1) is 15.7. The first kappa shape index (κ1) is 21.0. The summed E-state index contributed by atoms with van der Waals surface area (Å²) >= 11 is 1.48. The second-order valence-electron chi connectivity index (χ2n) is 7.91. The molecule has 0 unspecified atom stereocenters. The standard InChI is InChI=1S/C25H25N3O3S/c29-13-11-27-25(30)24-22(19-8-1-2-9-21(19)32-24)20-16-28(12-14-31-20)15-18-6-3-5-17-7-4-10-26-23(17)18/h1-10,20,29H,11-16H2,(H,27,30)/t20-/m1/s1. The molecular formula is C25H25N3O3S. The number of benzene rings is 2. The second-order valence-corrected chi connectivity index (χ2v) is 8.96. The van der Waals surface area contributed by atoms with E-state index in [2.05, 4.69) is 45.5 Å². The van der Waals surface area contributed by atoms with E-state index in [0.29, 0.717) is 18.0 Å². The Labute approximate surface area is 190 Å². The lowest BCUT2D eigenvalue weighted by atomic mass is 10.0. The molecule has 0 spiro atoms. The SMILES string of the molecule is O=C(NCCO)c1sc2ccccc2c1[C@H]1CN(Cc2cccc3cccnc23)CCO1. The zero-order valence-electron chi connectivity index (χ0n) is 17.7. The van der Waals surface area contributed by atoms with Crippen molar-refractivity contribution in [2.45, 2.75) is 12.6 Å². The Bertz CT molecular complexity index is 1250. The number of hydrogen-bond donors (Lipinski definition) is 2. The maximum absolute atomic E-state index is 12.9. The largest absolute Gasteiger partial charge is 0.395 e. The predicted octanol–water partition coefficient (Wildman–Crippen LogP) is 3.75. The van der Waals surface area contributed by atoms with Crippen LogP contribution in [-0.2, 0) is 11.3 Å². The Morgan fingerprint density at radius 1 is 1.19 bits per heavy atom. The van der Waals surface area contributed by atoms with Gasteiger partial charge in [-0.2, -0.15) is 0 Å². The molecule has 5 rings (SSSR count). The fourth-order valence-corrected chi connectivity index (χ4v) is 5.53. The van der Waals surface area contributed by atoms with Crippen LogP contribution < -0.4 is 5.32 Å². The highest BCUT2D eigenvalue weighted by Crippen LogP contribution is 2.38. The predicted molar refractivity (Wildman–Crippen MR) is 127 cm³/mol. The molecule has 2 aromatic carbocycles. The maximum Gasteiger partial charge on any atom is 0.261 e. The highest BCUT2D eigenvalue weighted by molar-refractivity contribution is 7.21. The lowest BCUT2D eigenvalue weighted by Gasteiger charge is -2.33. The van der Waals surface area contributed by atoms with Crippen LogP contribution in [0, 0.1) is 0 Å². The molecule has 0 saturated carbocycles. The number of nitrogens with zero attached hydrogens (tertiary/aromatic N) is 2. The average Bonchev–Trinajstić information content (AvgIpc) is 3.23. The minimum absolute atomic E-state index is 0.0846. The van der Waals surface area contributed by atoms with Gasteiger partial charge in [0, 0.05) is 48.0 Å². The van der Waals surface area contributed by atoms with Crippen molar-refractivity contribution >= 4 is 38.2 Å². The molecule has 0 bridgehead atoms. The number of pyridine rings is 1. The van der Waals surface area contributed by atoms with Crippen LogP contribution in [-0.4, -0.2) is 53.7 Å². The van der Waals surface area contributed by atoms with Gasteiger partial charge >= 0.3 is 0 Å². The molecular weight excluding hydrogens is 422 g/mol. The molecule has 7 heteroatoms. The topological polar surface area (TPSA) is 74.7 Å². The minimum Gasteiger partial charge on any atom is -0.395 e. The zero-order chi connectivity index (χ0) is 21.9. The van der Waals surface area contributed by atoms with Crippen molar-refractivity contribution in [2.75, 3.05) is 32.8 Å². The summed E-state index contributed by atoms with van der Waals surface area (Å²) < 4.78 is 7.27. The molecule has 0 radical (unpaired) electrons. The summed E-state index contributed by atoms with van der Waals surface area (Å²) in [5.74, 6) is -0.158. The van der Waals surface area contributed by atoms with Crippen LogP contribution in [0.5, 0.6) is 0 Å². The molecule has 1 amide bonds. The minimum atomic E-state index is -0.197. The van der Waals surface area contributed by atoms with Gasteiger partial charge in [0.2, 0.25) is 0 Å². The zero-order valence-corrected chi connectivity index (χ0v) is 18.5. The van der Waals surface area contributed by atoms with E-state index >= 15 is 0 Å². The van der Waals surface area contributed by atoms with E-state index in [1.165, 1.54) is 16.9 Å². The quantitative estimate of drug-likeness (QED) is 0.471. The number of rotatable bonds is 6. The number of fused-ring (bicyclic) bond motifs is 2. The van der Waals surface area contributed by atoms with Crippen LogP contribution in [0.15, 0.2) is 60.8 Å². The number of nitrogens with one attached hydrogen (secondary N) is 1. The number of aliphatic hydroxyl groups is 1. The highest BCUT2D eigenvalue weighted by Gasteiger charge is 2.29. The van der Waals surface area contributed by atoms with Crippen LogP contribution in [0.1, 0.15) is 26.9 Å². The Kier molecular flexibility index (Phi) is 6.14. The van der Waals surface area contributed by atoms with Gasteiger partial charge < -0.3 is 15.2 Å². The number of thiophene rings is 1. The summed E-state index contributed by atoms with van der Waals surface area (Å²) in [5, 5.41) is 14.1. The highest BCUT2D eigenvalue weighted by atomic mass is 32.1. The van der Waals surface area contributed by atoms with Gasteiger partial charge in [-0.1, -0.05) is 42.5 Å². The van der Waals surface area contributed by atoms with E-state index < -0.39 is 0 Å². The van der Waals surface area contributed by atoms with Gasteiger partial charge in [-0.3, -0.25) is 14.7 Å². The molecule has 1 aliphatic rings. The van der Waals surface area contributed by atoms with E-state index in [1.54, 1.807) is 0 Å². The fourth-order valence-electron chi connectivity index (χ4n) is 4.36. The van der Waals surface area contributed by atoms with Gasteiger partial charge in [-0.25, -0.2) is 0 Å². The number of aliphatic hydroxyl groups excluding tert-OH is 1. The molecule has 1 saturated heterocycles. The first-order valence-corrected chi connectivity index (χ1v) is 11.6. The summed E-state index contributed by atoms with van der Waals surface area (Å²) in [6, 6.07) is 18.4. The molecule has 6 nitrogen and oxygen atoms in total. The number of carbonyl (C=O) groups excluding carboxylic acids is 1. The monoisotopic (exact) mass is 447 g/mol. The van der Waals surface area contributed by atoms with Crippen LogP contribution in [0.2, 0.25) is 0 Å². The lowest BCUT2D eigenvalue weighted by molar-refractivity contribution is -0.0322. The Morgan fingerprint density at radius 2 is 2.06 bits per heavy atom.